The molecule has 1 amide bonds. The van der Waals surface area contributed by atoms with Gasteiger partial charge in [-0.3, -0.25) is 4.79 Å². The maximum atomic E-state index is 12.6. The van der Waals surface area contributed by atoms with Crippen molar-refractivity contribution in [3.63, 3.8) is 0 Å². The summed E-state index contributed by atoms with van der Waals surface area (Å²) < 4.78 is 31.7. The van der Waals surface area contributed by atoms with Gasteiger partial charge in [-0.1, -0.05) is 26.2 Å². The van der Waals surface area contributed by atoms with Gasteiger partial charge >= 0.3 is 12.1 Å². The van der Waals surface area contributed by atoms with Crippen LogP contribution < -0.4 is 0 Å². The second-order valence-corrected chi connectivity index (χ2v) is 7.75. The molecule has 3 rings (SSSR count). The molecule has 1 N–H and O–H groups in total. The fourth-order valence-electron chi connectivity index (χ4n) is 4.38. The third-order valence-electron chi connectivity index (χ3n) is 5.78. The first-order valence-corrected chi connectivity index (χ1v) is 9.50. The maximum Gasteiger partial charge on any atom is 0.490 e. The van der Waals surface area contributed by atoms with Crippen LogP contribution in [-0.4, -0.2) is 65.7 Å². The zero-order chi connectivity index (χ0) is 19.4. The molecule has 26 heavy (non-hydrogen) atoms. The minimum Gasteiger partial charge on any atom is -0.475 e. The molecule has 0 aromatic rings. The normalized spacial score (nSPS) is 27.7. The highest BCUT2D eigenvalue weighted by molar-refractivity contribution is 5.89. The SMILES string of the molecule is CCN1CCCC2(C1)CN(CC1CCCCC1)C2=O.O=C(O)C(F)(F)F. The Bertz CT molecular complexity index is 506. The Morgan fingerprint density at radius 2 is 1.81 bits per heavy atom. The van der Waals surface area contributed by atoms with Crippen LogP contribution in [0.25, 0.3) is 0 Å². The molecule has 0 aromatic carbocycles. The smallest absolute Gasteiger partial charge is 0.475 e. The Morgan fingerprint density at radius 3 is 2.31 bits per heavy atom. The van der Waals surface area contributed by atoms with Crippen molar-refractivity contribution < 1.29 is 27.9 Å². The summed E-state index contributed by atoms with van der Waals surface area (Å²) in [6.45, 7) is 7.60. The number of alkyl halides is 3. The molecule has 0 aromatic heterocycles. The van der Waals surface area contributed by atoms with Crippen LogP contribution in [-0.2, 0) is 9.59 Å². The van der Waals surface area contributed by atoms with E-state index in [0.717, 1.165) is 38.5 Å². The van der Waals surface area contributed by atoms with Crippen LogP contribution in [0.3, 0.4) is 0 Å². The third-order valence-corrected chi connectivity index (χ3v) is 5.78. The molecule has 2 saturated heterocycles. The number of carbonyl (C=O) groups is 2. The largest absolute Gasteiger partial charge is 0.490 e. The molecule has 5 nitrogen and oxygen atoms in total. The summed E-state index contributed by atoms with van der Waals surface area (Å²) in [6.07, 6.45) is 4.10. The monoisotopic (exact) mass is 378 g/mol. The van der Waals surface area contributed by atoms with Crippen LogP contribution >= 0.6 is 0 Å². The summed E-state index contributed by atoms with van der Waals surface area (Å²) in [5.74, 6) is -1.50. The molecule has 3 fully saturated rings. The van der Waals surface area contributed by atoms with E-state index in [-0.39, 0.29) is 5.41 Å². The molecule has 0 bridgehead atoms. The Hall–Kier alpha value is -1.31. The second-order valence-electron chi connectivity index (χ2n) is 7.75. The van der Waals surface area contributed by atoms with Crippen molar-refractivity contribution in [2.45, 2.75) is 58.0 Å². The second kappa shape index (κ2) is 8.59. The van der Waals surface area contributed by atoms with Gasteiger partial charge in [0.05, 0.1) is 5.41 Å². The summed E-state index contributed by atoms with van der Waals surface area (Å²) in [4.78, 5) is 26.1. The molecule has 1 unspecified atom stereocenters. The molecule has 1 spiro atoms. The van der Waals surface area contributed by atoms with Crippen molar-refractivity contribution in [3.8, 4) is 0 Å². The number of carboxylic acid groups (broad SMARTS) is 1. The highest BCUT2D eigenvalue weighted by atomic mass is 19.4. The average molecular weight is 378 g/mol. The van der Waals surface area contributed by atoms with Gasteiger partial charge in [0.15, 0.2) is 0 Å². The van der Waals surface area contributed by atoms with E-state index in [1.54, 1.807) is 0 Å². The van der Waals surface area contributed by atoms with Gasteiger partial charge < -0.3 is 14.9 Å². The van der Waals surface area contributed by atoms with E-state index in [4.69, 9.17) is 9.90 Å². The lowest BCUT2D eigenvalue weighted by molar-refractivity contribution is -0.192. The van der Waals surface area contributed by atoms with Gasteiger partial charge in [-0.05, 0) is 44.7 Å². The number of hydrogen-bond donors (Lipinski definition) is 1. The zero-order valence-electron chi connectivity index (χ0n) is 15.4. The quantitative estimate of drug-likeness (QED) is 0.767. The van der Waals surface area contributed by atoms with Crippen LogP contribution in [0.1, 0.15) is 51.9 Å². The first-order valence-electron chi connectivity index (χ1n) is 9.50. The van der Waals surface area contributed by atoms with Crippen molar-refractivity contribution in [2.75, 3.05) is 32.7 Å². The van der Waals surface area contributed by atoms with E-state index in [9.17, 15) is 18.0 Å². The van der Waals surface area contributed by atoms with Gasteiger partial charge in [-0.25, -0.2) is 4.79 Å². The van der Waals surface area contributed by atoms with E-state index in [1.807, 2.05) is 0 Å². The van der Waals surface area contributed by atoms with Gasteiger partial charge in [0.1, 0.15) is 0 Å². The minimum absolute atomic E-state index is 0.0168. The van der Waals surface area contributed by atoms with Crippen molar-refractivity contribution in [3.05, 3.63) is 0 Å². The van der Waals surface area contributed by atoms with Crippen molar-refractivity contribution >= 4 is 11.9 Å². The molecule has 150 valence electrons. The van der Waals surface area contributed by atoms with Gasteiger partial charge in [0, 0.05) is 19.6 Å². The fourth-order valence-corrected chi connectivity index (χ4v) is 4.38. The van der Waals surface area contributed by atoms with E-state index in [2.05, 4.69) is 16.7 Å². The van der Waals surface area contributed by atoms with E-state index >= 15 is 0 Å². The number of hydrogen-bond acceptors (Lipinski definition) is 3. The van der Waals surface area contributed by atoms with Gasteiger partial charge in [0.25, 0.3) is 0 Å². The van der Waals surface area contributed by atoms with Gasteiger partial charge in [-0.2, -0.15) is 13.2 Å². The average Bonchev–Trinajstić information content (AvgIpc) is 2.62. The summed E-state index contributed by atoms with van der Waals surface area (Å²) in [5.41, 5.74) is 0.0168. The van der Waals surface area contributed by atoms with E-state index < -0.39 is 12.1 Å². The maximum absolute atomic E-state index is 12.6. The molecule has 1 aliphatic carbocycles. The predicted octanol–water partition coefficient (Wildman–Crippen LogP) is 3.14. The summed E-state index contributed by atoms with van der Waals surface area (Å²) >= 11 is 0. The van der Waals surface area contributed by atoms with Crippen LogP contribution in [0, 0.1) is 11.3 Å². The third kappa shape index (κ3) is 5.11. The Kier molecular flexibility index (Phi) is 6.93. The molecule has 2 aliphatic heterocycles. The highest BCUT2D eigenvalue weighted by Gasteiger charge is 2.53. The van der Waals surface area contributed by atoms with Crippen molar-refractivity contribution in [1.82, 2.24) is 9.80 Å². The first kappa shape index (κ1) is 21.0. The number of amides is 1. The lowest BCUT2D eigenvalue weighted by atomic mass is 9.71. The number of β-lactam (4-membered cyclic amide) rings is 1. The van der Waals surface area contributed by atoms with Crippen molar-refractivity contribution in [1.29, 1.82) is 0 Å². The summed E-state index contributed by atoms with van der Waals surface area (Å²) in [6, 6.07) is 0. The van der Waals surface area contributed by atoms with Crippen LogP contribution in [0.2, 0.25) is 0 Å². The van der Waals surface area contributed by atoms with Gasteiger partial charge in [0.2, 0.25) is 5.91 Å². The van der Waals surface area contributed by atoms with Crippen molar-refractivity contribution in [2.24, 2.45) is 11.3 Å². The number of likely N-dealkylation sites (tertiary alicyclic amines) is 2. The molecule has 3 aliphatic rings. The summed E-state index contributed by atoms with van der Waals surface area (Å²) in [7, 11) is 0. The number of piperidine rings is 1. The standard InChI is InChI=1S/C16H28N2O.C2HF3O2/c1-2-17-10-6-9-16(12-17)13-18(15(16)19)11-14-7-4-3-5-8-14;3-2(4,5)1(6)7/h14H,2-13H2,1H3;(H,6,7). The van der Waals surface area contributed by atoms with E-state index in [0.29, 0.717) is 5.91 Å². The van der Waals surface area contributed by atoms with Crippen LogP contribution in [0.15, 0.2) is 0 Å². The number of carbonyl (C=O) groups excluding carboxylic acids is 1. The lowest BCUT2D eigenvalue weighted by Crippen LogP contribution is -2.67. The Balaban J connectivity index is 0.000000298. The molecular weight excluding hydrogens is 349 g/mol. The first-order chi connectivity index (χ1) is 12.2. The zero-order valence-corrected chi connectivity index (χ0v) is 15.4. The highest BCUT2D eigenvalue weighted by Crippen LogP contribution is 2.41. The van der Waals surface area contributed by atoms with Crippen LogP contribution in [0.5, 0.6) is 0 Å². The number of halogens is 3. The van der Waals surface area contributed by atoms with E-state index in [1.165, 1.54) is 45.1 Å². The predicted molar refractivity (Wildman–Crippen MR) is 90.6 cm³/mol. The molecule has 1 atom stereocenters. The molecular formula is C18H29F3N2O3. The minimum atomic E-state index is -5.08. The van der Waals surface area contributed by atoms with Gasteiger partial charge in [-0.15, -0.1) is 0 Å². The Labute approximate surface area is 152 Å². The van der Waals surface area contributed by atoms with Crippen LogP contribution in [0.4, 0.5) is 13.2 Å². The molecule has 2 heterocycles. The number of aliphatic carboxylic acids is 1. The topological polar surface area (TPSA) is 60.9 Å². The molecule has 8 heteroatoms. The molecule has 0 radical (unpaired) electrons. The Morgan fingerprint density at radius 1 is 1.19 bits per heavy atom. The molecule has 1 saturated carbocycles. The number of nitrogens with zero attached hydrogens (tertiary/aromatic N) is 2. The number of rotatable bonds is 3. The lowest BCUT2D eigenvalue weighted by Gasteiger charge is -2.54. The number of carboxylic acids is 1. The summed E-state index contributed by atoms with van der Waals surface area (Å²) in [5, 5.41) is 7.12. The fraction of sp³-hybridized carbons (Fsp3) is 0.889.